The summed E-state index contributed by atoms with van der Waals surface area (Å²) in [5.74, 6) is -1.87. The molecule has 0 saturated heterocycles. The lowest BCUT2D eigenvalue weighted by atomic mass is 10.2. The number of nitrogens with one attached hydrogen (secondary N) is 2. The monoisotopic (exact) mass is 540 g/mol. The van der Waals surface area contributed by atoms with Gasteiger partial charge in [-0.2, -0.15) is 0 Å². The molecule has 0 spiro atoms. The predicted octanol–water partition coefficient (Wildman–Crippen LogP) is 3.65. The van der Waals surface area contributed by atoms with Crippen LogP contribution < -0.4 is 10.6 Å². The summed E-state index contributed by atoms with van der Waals surface area (Å²) in [5, 5.41) is 5.27. The summed E-state index contributed by atoms with van der Waals surface area (Å²) in [4.78, 5) is 53.3. The largest absolute Gasteiger partial charge is 0.461 e. The molecule has 0 unspecified atom stereocenters. The third-order valence-corrected chi connectivity index (χ3v) is 6.20. The smallest absolute Gasteiger partial charge is 0.338 e. The molecule has 0 aromatic heterocycles. The van der Waals surface area contributed by atoms with Crippen molar-refractivity contribution < 1.29 is 28.7 Å². The topological polar surface area (TPSA) is 117 Å². The van der Waals surface area contributed by atoms with Crippen LogP contribution in [0.15, 0.2) is 48.5 Å². The molecular formula is C29H40N4O6. The number of hydrogen-bond acceptors (Lipinski definition) is 8. The maximum Gasteiger partial charge on any atom is 0.338 e. The highest BCUT2D eigenvalue weighted by atomic mass is 16.5. The molecule has 2 aromatic carbocycles. The number of amides is 2. The molecule has 0 aliphatic rings. The number of nitrogens with zero attached hydrogens (tertiary/aromatic N) is 2. The number of anilines is 2. The van der Waals surface area contributed by atoms with Crippen molar-refractivity contribution in [3.05, 3.63) is 59.7 Å². The van der Waals surface area contributed by atoms with Crippen molar-refractivity contribution >= 4 is 35.1 Å². The lowest BCUT2D eigenvalue weighted by Crippen LogP contribution is -2.27. The summed E-state index contributed by atoms with van der Waals surface area (Å²) in [7, 11) is 0. The van der Waals surface area contributed by atoms with E-state index in [1.54, 1.807) is 48.5 Å². The van der Waals surface area contributed by atoms with E-state index in [0.717, 1.165) is 26.2 Å². The number of benzene rings is 2. The Labute approximate surface area is 230 Å². The quantitative estimate of drug-likeness (QED) is 0.245. The minimum absolute atomic E-state index is 0.303. The molecule has 10 nitrogen and oxygen atoms in total. The number of rotatable bonds is 16. The first-order valence-corrected chi connectivity index (χ1v) is 13.4. The first-order valence-electron chi connectivity index (χ1n) is 13.4. The zero-order valence-corrected chi connectivity index (χ0v) is 23.3. The van der Waals surface area contributed by atoms with Gasteiger partial charge in [0.1, 0.15) is 19.6 Å². The Hall–Kier alpha value is -3.76. The van der Waals surface area contributed by atoms with Gasteiger partial charge in [-0.3, -0.25) is 9.59 Å². The minimum Gasteiger partial charge on any atom is -0.461 e. The highest BCUT2D eigenvalue weighted by Crippen LogP contribution is 2.13. The number of carbonyl (C=O) groups is 4. The summed E-state index contributed by atoms with van der Waals surface area (Å²) >= 11 is 0. The number of esters is 2. The lowest BCUT2D eigenvalue weighted by Gasteiger charge is -2.17. The lowest BCUT2D eigenvalue weighted by molar-refractivity contribution is -0.123. The van der Waals surface area contributed by atoms with E-state index in [4.69, 9.17) is 9.47 Å². The zero-order valence-electron chi connectivity index (χ0n) is 23.3. The summed E-state index contributed by atoms with van der Waals surface area (Å²) in [6.07, 6.45) is -0.399. The molecule has 0 atom stereocenters. The number of carbonyl (C=O) groups excluding carboxylic acids is 4. The molecule has 0 aliphatic heterocycles. The number of hydrogen-bond donors (Lipinski definition) is 2. The van der Waals surface area contributed by atoms with Crippen LogP contribution in [0.2, 0.25) is 0 Å². The molecule has 2 N–H and O–H groups in total. The Morgan fingerprint density at radius 3 is 1.23 bits per heavy atom. The summed E-state index contributed by atoms with van der Waals surface area (Å²) in [6, 6.07) is 12.6. The molecule has 0 heterocycles. The van der Waals surface area contributed by atoms with Crippen LogP contribution in [0.4, 0.5) is 11.4 Å². The van der Waals surface area contributed by atoms with Gasteiger partial charge >= 0.3 is 11.9 Å². The second-order valence-corrected chi connectivity index (χ2v) is 8.75. The molecule has 212 valence electrons. The van der Waals surface area contributed by atoms with E-state index in [1.807, 2.05) is 0 Å². The Balaban J connectivity index is 1.76. The second-order valence-electron chi connectivity index (χ2n) is 8.75. The highest BCUT2D eigenvalue weighted by Gasteiger charge is 2.13. The summed E-state index contributed by atoms with van der Waals surface area (Å²) in [5.41, 5.74) is 1.66. The van der Waals surface area contributed by atoms with Gasteiger partial charge in [0.25, 0.3) is 0 Å². The molecule has 0 fully saturated rings. The van der Waals surface area contributed by atoms with Gasteiger partial charge in [0, 0.05) is 24.5 Å². The van der Waals surface area contributed by atoms with Crippen LogP contribution in [0, 0.1) is 0 Å². The van der Waals surface area contributed by atoms with Crippen molar-refractivity contribution in [2.75, 3.05) is 63.1 Å². The van der Waals surface area contributed by atoms with Crippen LogP contribution in [0.3, 0.4) is 0 Å². The molecule has 0 saturated carbocycles. The molecule has 2 aromatic rings. The molecule has 0 radical (unpaired) electrons. The van der Waals surface area contributed by atoms with Gasteiger partial charge in [0.2, 0.25) is 11.8 Å². The fourth-order valence-electron chi connectivity index (χ4n) is 3.72. The van der Waals surface area contributed by atoms with Crippen molar-refractivity contribution in [3.63, 3.8) is 0 Å². The molecule has 0 bridgehead atoms. The molecule has 10 heteroatoms. The zero-order chi connectivity index (χ0) is 28.6. The van der Waals surface area contributed by atoms with Gasteiger partial charge in [-0.1, -0.05) is 27.7 Å². The average molecular weight is 541 g/mol. The maximum atomic E-state index is 12.3. The number of ether oxygens (including phenoxy) is 2. The molecular weight excluding hydrogens is 500 g/mol. The Bertz CT molecular complexity index is 979. The predicted molar refractivity (Wildman–Crippen MR) is 151 cm³/mol. The van der Waals surface area contributed by atoms with E-state index in [9.17, 15) is 19.2 Å². The minimum atomic E-state index is -0.504. The van der Waals surface area contributed by atoms with Gasteiger partial charge < -0.3 is 29.9 Å². The first-order chi connectivity index (χ1) is 18.8. The van der Waals surface area contributed by atoms with Gasteiger partial charge in [-0.05, 0) is 74.7 Å². The van der Waals surface area contributed by atoms with E-state index >= 15 is 0 Å². The van der Waals surface area contributed by atoms with E-state index < -0.39 is 30.2 Å². The SMILES string of the molecule is CCN(CC)CCOC(=O)c1ccc(NC(=O)CC(=O)Nc2ccc(C(=O)OCCN(CC)CC)cc2)cc1. The van der Waals surface area contributed by atoms with Gasteiger partial charge in [0.15, 0.2) is 0 Å². The van der Waals surface area contributed by atoms with Crippen molar-refractivity contribution in [1.82, 2.24) is 9.80 Å². The normalized spacial score (nSPS) is 10.8. The fourth-order valence-corrected chi connectivity index (χ4v) is 3.72. The fraction of sp³-hybridized carbons (Fsp3) is 0.448. The second kappa shape index (κ2) is 17.0. The van der Waals surface area contributed by atoms with Crippen LogP contribution >= 0.6 is 0 Å². The van der Waals surface area contributed by atoms with Crippen molar-refractivity contribution in [1.29, 1.82) is 0 Å². The third kappa shape index (κ3) is 11.3. The average Bonchev–Trinajstić information content (AvgIpc) is 2.94. The summed E-state index contributed by atoms with van der Waals surface area (Å²) < 4.78 is 10.6. The van der Waals surface area contributed by atoms with Gasteiger partial charge in [0.05, 0.1) is 11.1 Å². The van der Waals surface area contributed by atoms with Gasteiger partial charge in [-0.25, -0.2) is 9.59 Å². The van der Waals surface area contributed by atoms with Gasteiger partial charge in [-0.15, -0.1) is 0 Å². The molecule has 2 rings (SSSR count). The first kappa shape index (κ1) is 31.5. The molecule has 39 heavy (non-hydrogen) atoms. The van der Waals surface area contributed by atoms with Crippen LogP contribution in [0.5, 0.6) is 0 Å². The van der Waals surface area contributed by atoms with E-state index in [2.05, 4.69) is 48.1 Å². The van der Waals surface area contributed by atoms with Crippen LogP contribution in [0.25, 0.3) is 0 Å². The molecule has 0 aliphatic carbocycles. The van der Waals surface area contributed by atoms with Crippen molar-refractivity contribution in [2.45, 2.75) is 34.1 Å². The van der Waals surface area contributed by atoms with Crippen LogP contribution in [-0.2, 0) is 19.1 Å². The van der Waals surface area contributed by atoms with E-state index in [1.165, 1.54) is 0 Å². The Morgan fingerprint density at radius 2 is 0.923 bits per heavy atom. The third-order valence-electron chi connectivity index (χ3n) is 6.20. The Morgan fingerprint density at radius 1 is 0.590 bits per heavy atom. The maximum absolute atomic E-state index is 12.3. The summed E-state index contributed by atoms with van der Waals surface area (Å²) in [6.45, 7) is 13.7. The van der Waals surface area contributed by atoms with Crippen molar-refractivity contribution in [2.24, 2.45) is 0 Å². The van der Waals surface area contributed by atoms with Crippen LogP contribution in [0.1, 0.15) is 54.8 Å². The molecule has 2 amide bonds. The van der Waals surface area contributed by atoms with Crippen LogP contribution in [-0.4, -0.2) is 86.0 Å². The highest BCUT2D eigenvalue weighted by molar-refractivity contribution is 6.08. The van der Waals surface area contributed by atoms with E-state index in [-0.39, 0.29) is 0 Å². The number of likely N-dealkylation sites (N-methyl/N-ethyl adjacent to an activating group) is 2. The van der Waals surface area contributed by atoms with Crippen molar-refractivity contribution in [3.8, 4) is 0 Å². The standard InChI is InChI=1S/C29H40N4O6/c1-5-32(6-2)17-19-38-28(36)22-9-13-24(14-10-22)30-26(34)21-27(35)31-25-15-11-23(12-16-25)29(37)39-20-18-33(7-3)8-4/h9-16H,5-8,17-21H2,1-4H3,(H,30,34)(H,31,35). The van der Waals surface area contributed by atoms with E-state index in [0.29, 0.717) is 48.8 Å². The Kier molecular flexibility index (Phi) is 13.7.